The minimum Gasteiger partial charge on any atom is -0.494 e. The lowest BCUT2D eigenvalue weighted by molar-refractivity contribution is -0.138. The molecule has 2 aromatic rings. The summed E-state index contributed by atoms with van der Waals surface area (Å²) in [6, 6.07) is 13.4. The summed E-state index contributed by atoms with van der Waals surface area (Å²) in [5.41, 5.74) is 0.795. The van der Waals surface area contributed by atoms with Crippen molar-refractivity contribution in [3.63, 3.8) is 0 Å². The number of ether oxygens (including phenoxy) is 7. The van der Waals surface area contributed by atoms with Gasteiger partial charge in [0.1, 0.15) is 29.8 Å². The van der Waals surface area contributed by atoms with E-state index in [4.69, 9.17) is 33.2 Å². The van der Waals surface area contributed by atoms with Crippen LogP contribution >= 0.6 is 0 Å². The molecule has 246 valence electrons. The van der Waals surface area contributed by atoms with Gasteiger partial charge in [-0.1, -0.05) is 13.2 Å². The largest absolute Gasteiger partial charge is 0.494 e. The monoisotopic (exact) mass is 636 g/mol. The molecule has 0 amide bonds. The maximum absolute atomic E-state index is 12.8. The number of benzene rings is 2. The first kappa shape index (κ1) is 34.2. The van der Waals surface area contributed by atoms with Crippen molar-refractivity contribution in [3.05, 3.63) is 85.0 Å². The van der Waals surface area contributed by atoms with Crippen LogP contribution in [0.1, 0.15) is 59.2 Å². The Morgan fingerprint density at radius 3 is 1.59 bits per heavy atom. The molecule has 1 saturated heterocycles. The molecule has 1 heterocycles. The molecule has 1 aliphatic heterocycles. The summed E-state index contributed by atoms with van der Waals surface area (Å²) < 4.78 is 38.7. The second-order valence-electron chi connectivity index (χ2n) is 10.8. The fraction of sp³-hybridized carbons (Fsp3) is 0.429. The maximum atomic E-state index is 12.8. The quantitative estimate of drug-likeness (QED) is 0.0945. The smallest absolute Gasteiger partial charge is 0.338 e. The molecule has 1 saturated carbocycles. The van der Waals surface area contributed by atoms with Crippen LogP contribution in [0.3, 0.4) is 0 Å². The summed E-state index contributed by atoms with van der Waals surface area (Å²) in [6.45, 7) is 8.44. The van der Waals surface area contributed by atoms with Gasteiger partial charge in [-0.15, -0.1) is 0 Å². The van der Waals surface area contributed by atoms with Crippen LogP contribution in [0, 0.1) is 5.92 Å². The number of carbonyl (C=O) groups excluding carboxylic acids is 4. The highest BCUT2D eigenvalue weighted by Gasteiger charge is 2.49. The molecule has 0 bridgehead atoms. The van der Waals surface area contributed by atoms with Crippen molar-refractivity contribution in [2.75, 3.05) is 33.0 Å². The van der Waals surface area contributed by atoms with E-state index in [1.807, 2.05) is 0 Å². The minimum atomic E-state index is -0.455. The van der Waals surface area contributed by atoms with E-state index >= 15 is 0 Å². The Morgan fingerprint density at radius 2 is 1.11 bits per heavy atom. The van der Waals surface area contributed by atoms with E-state index in [2.05, 4.69) is 13.2 Å². The van der Waals surface area contributed by atoms with Gasteiger partial charge in [0.25, 0.3) is 0 Å². The third kappa shape index (κ3) is 10.2. The number of hydrogen-bond donors (Lipinski definition) is 0. The van der Waals surface area contributed by atoms with Crippen molar-refractivity contribution in [3.8, 4) is 11.5 Å². The van der Waals surface area contributed by atoms with Crippen LogP contribution in [0.2, 0.25) is 0 Å². The zero-order valence-electron chi connectivity index (χ0n) is 25.8. The molecule has 4 atom stereocenters. The summed E-state index contributed by atoms with van der Waals surface area (Å²) >= 11 is 0. The normalized spacial score (nSPS) is 19.7. The SMILES string of the molecule is C=CC(=O)OCCCCOc1ccc(C(=O)O[C@H]2CC[C@@H]3[C@H]2OC[C@H]3OC(=O)c2ccc(OCCCCOC(=O)C=C)cc2)cc1. The van der Waals surface area contributed by atoms with E-state index in [0.717, 1.165) is 12.2 Å². The number of unbranched alkanes of at least 4 members (excludes halogenated alkanes) is 2. The maximum Gasteiger partial charge on any atom is 0.338 e. The molecule has 4 rings (SSSR count). The Hall–Kier alpha value is -4.64. The highest BCUT2D eigenvalue weighted by molar-refractivity contribution is 5.90. The number of rotatable bonds is 18. The second-order valence-corrected chi connectivity index (χ2v) is 10.8. The Labute approximate surface area is 268 Å². The average Bonchev–Trinajstić information content (AvgIpc) is 3.67. The third-order valence-corrected chi connectivity index (χ3v) is 7.64. The van der Waals surface area contributed by atoms with Gasteiger partial charge < -0.3 is 33.2 Å². The number of hydrogen-bond acceptors (Lipinski definition) is 11. The summed E-state index contributed by atoms with van der Waals surface area (Å²) in [6.07, 6.45) is 5.11. The lowest BCUT2D eigenvalue weighted by Crippen LogP contribution is -2.31. The molecule has 11 nitrogen and oxygen atoms in total. The first-order valence-corrected chi connectivity index (χ1v) is 15.5. The Morgan fingerprint density at radius 1 is 0.652 bits per heavy atom. The third-order valence-electron chi connectivity index (χ3n) is 7.64. The van der Waals surface area contributed by atoms with E-state index in [9.17, 15) is 19.2 Å². The van der Waals surface area contributed by atoms with E-state index in [0.29, 0.717) is 87.6 Å². The van der Waals surface area contributed by atoms with Gasteiger partial charge in [-0.2, -0.15) is 0 Å². The summed E-state index contributed by atoms with van der Waals surface area (Å²) in [5.74, 6) is -0.626. The Kier molecular flexibility index (Phi) is 13.2. The van der Waals surface area contributed by atoms with Gasteiger partial charge in [0, 0.05) is 18.1 Å². The van der Waals surface area contributed by atoms with Crippen LogP contribution < -0.4 is 9.47 Å². The Bertz CT molecular complexity index is 1230. The van der Waals surface area contributed by atoms with Gasteiger partial charge >= 0.3 is 23.9 Å². The molecule has 0 unspecified atom stereocenters. The lowest BCUT2D eigenvalue weighted by atomic mass is 10.0. The molecule has 1 aliphatic carbocycles. The van der Waals surface area contributed by atoms with Crippen molar-refractivity contribution in [2.24, 2.45) is 5.92 Å². The predicted octanol–water partition coefficient (Wildman–Crippen LogP) is 5.02. The van der Waals surface area contributed by atoms with Crippen LogP contribution in [-0.2, 0) is 33.3 Å². The summed E-state index contributed by atoms with van der Waals surface area (Å²) in [4.78, 5) is 47.8. The molecular formula is C35H40O11. The van der Waals surface area contributed by atoms with Gasteiger partial charge in [0.2, 0.25) is 0 Å². The van der Waals surface area contributed by atoms with Crippen LogP contribution in [0.25, 0.3) is 0 Å². The molecule has 2 fully saturated rings. The molecule has 0 aromatic heterocycles. The highest BCUT2D eigenvalue weighted by Crippen LogP contribution is 2.40. The summed E-state index contributed by atoms with van der Waals surface area (Å²) in [7, 11) is 0. The predicted molar refractivity (Wildman–Crippen MR) is 166 cm³/mol. The molecule has 2 aromatic carbocycles. The number of carbonyl (C=O) groups is 4. The molecular weight excluding hydrogens is 596 g/mol. The van der Waals surface area contributed by atoms with E-state index in [1.165, 1.54) is 0 Å². The van der Waals surface area contributed by atoms with Gasteiger partial charge in [0.05, 0.1) is 44.2 Å². The zero-order valence-corrected chi connectivity index (χ0v) is 25.8. The Balaban J connectivity index is 1.15. The molecule has 46 heavy (non-hydrogen) atoms. The first-order valence-electron chi connectivity index (χ1n) is 15.5. The molecule has 0 spiro atoms. The number of esters is 4. The molecule has 2 aliphatic rings. The summed E-state index contributed by atoms with van der Waals surface area (Å²) in [5, 5.41) is 0. The van der Waals surface area contributed by atoms with E-state index < -0.39 is 36.1 Å². The second kappa shape index (κ2) is 17.7. The average molecular weight is 637 g/mol. The fourth-order valence-corrected chi connectivity index (χ4v) is 5.20. The van der Waals surface area contributed by atoms with Crippen molar-refractivity contribution in [1.29, 1.82) is 0 Å². The van der Waals surface area contributed by atoms with E-state index in [-0.39, 0.29) is 18.6 Å². The van der Waals surface area contributed by atoms with Crippen molar-refractivity contribution < 1.29 is 52.3 Å². The highest BCUT2D eigenvalue weighted by atomic mass is 16.6. The van der Waals surface area contributed by atoms with E-state index in [1.54, 1.807) is 48.5 Å². The molecule has 0 N–H and O–H groups in total. The standard InChI is InChI=1S/C35H40O11/c1-3-31(36)42-21-7-5-19-40-26-13-9-24(10-14-26)34(38)45-29-18-17-28-30(23-44-33(28)29)46-35(39)25-11-15-27(16-12-25)41-20-6-8-22-43-32(37)4-2/h3-4,9-16,28-30,33H,1-2,5-8,17-23H2/t28-,29-,30+,33+/m0/s1. The van der Waals surface area contributed by atoms with Crippen LogP contribution in [0.15, 0.2) is 73.8 Å². The lowest BCUT2D eigenvalue weighted by Gasteiger charge is -2.19. The van der Waals surface area contributed by atoms with Gasteiger partial charge in [0.15, 0.2) is 0 Å². The minimum absolute atomic E-state index is 0.0637. The van der Waals surface area contributed by atoms with Gasteiger partial charge in [-0.05, 0) is 87.1 Å². The van der Waals surface area contributed by atoms with Crippen LogP contribution in [-0.4, -0.2) is 75.2 Å². The zero-order chi connectivity index (χ0) is 32.7. The van der Waals surface area contributed by atoms with Gasteiger partial charge in [-0.25, -0.2) is 19.2 Å². The first-order chi connectivity index (χ1) is 22.4. The van der Waals surface area contributed by atoms with Crippen LogP contribution in [0.5, 0.6) is 11.5 Å². The van der Waals surface area contributed by atoms with Crippen molar-refractivity contribution >= 4 is 23.9 Å². The number of fused-ring (bicyclic) bond motifs is 1. The topological polar surface area (TPSA) is 133 Å². The molecule has 0 radical (unpaired) electrons. The fourth-order valence-electron chi connectivity index (χ4n) is 5.20. The van der Waals surface area contributed by atoms with Crippen molar-refractivity contribution in [2.45, 2.75) is 56.8 Å². The van der Waals surface area contributed by atoms with Crippen molar-refractivity contribution in [1.82, 2.24) is 0 Å². The van der Waals surface area contributed by atoms with Gasteiger partial charge in [-0.3, -0.25) is 0 Å². The van der Waals surface area contributed by atoms with Crippen LogP contribution in [0.4, 0.5) is 0 Å². The molecule has 11 heteroatoms.